The minimum absolute atomic E-state index is 0. The average molecular weight is 487 g/mol. The first-order valence-electron chi connectivity index (χ1n) is 8.84. The van der Waals surface area contributed by atoms with Crippen LogP contribution in [-0.2, 0) is 11.3 Å². The Kier molecular flexibility index (Phi) is 8.29. The molecule has 0 radical (unpaired) electrons. The Morgan fingerprint density at radius 2 is 2.22 bits per heavy atom. The molecule has 0 spiro atoms. The van der Waals surface area contributed by atoms with Gasteiger partial charge in [-0.1, -0.05) is 23.4 Å². The third-order valence-corrected chi connectivity index (χ3v) is 4.16. The highest BCUT2D eigenvalue weighted by molar-refractivity contribution is 14.0. The first kappa shape index (κ1) is 21.4. The quantitative estimate of drug-likeness (QED) is 0.368. The Hall–Kier alpha value is -1.88. The molecule has 2 N–H and O–H groups in total. The van der Waals surface area contributed by atoms with Gasteiger partial charge >= 0.3 is 0 Å². The van der Waals surface area contributed by atoms with Gasteiger partial charge in [-0.15, -0.1) is 24.0 Å². The molecule has 27 heavy (non-hydrogen) atoms. The number of fused-ring (bicyclic) bond motifs is 1. The largest absolute Gasteiger partial charge is 0.493 e. The molecule has 0 saturated heterocycles. The van der Waals surface area contributed by atoms with Gasteiger partial charge in [0.2, 0.25) is 5.89 Å². The highest BCUT2D eigenvalue weighted by atomic mass is 127. The van der Waals surface area contributed by atoms with Crippen molar-refractivity contribution in [2.75, 3.05) is 20.3 Å². The third-order valence-electron chi connectivity index (χ3n) is 4.16. The second-order valence-electron chi connectivity index (χ2n) is 5.94. The van der Waals surface area contributed by atoms with Crippen LogP contribution in [0.3, 0.4) is 0 Å². The molecule has 0 saturated carbocycles. The predicted molar refractivity (Wildman–Crippen MR) is 112 cm³/mol. The van der Waals surface area contributed by atoms with Crippen molar-refractivity contribution in [3.05, 3.63) is 41.5 Å². The number of ether oxygens (including phenoxy) is 2. The fourth-order valence-corrected chi connectivity index (χ4v) is 2.84. The highest BCUT2D eigenvalue weighted by Crippen LogP contribution is 2.31. The molecule has 3 rings (SSSR count). The summed E-state index contributed by atoms with van der Waals surface area (Å²) in [4.78, 5) is 8.63. The van der Waals surface area contributed by atoms with Crippen molar-refractivity contribution in [2.24, 2.45) is 4.99 Å². The second kappa shape index (κ2) is 10.5. The van der Waals surface area contributed by atoms with Crippen molar-refractivity contribution in [3.63, 3.8) is 0 Å². The maximum Gasteiger partial charge on any atom is 0.246 e. The molecule has 2 heterocycles. The molecular weight excluding hydrogens is 461 g/mol. The number of guanidine groups is 1. The van der Waals surface area contributed by atoms with Crippen LogP contribution in [0.4, 0.5) is 0 Å². The number of rotatable bonds is 6. The lowest BCUT2D eigenvalue weighted by atomic mass is 10.0. The molecule has 8 nitrogen and oxygen atoms in total. The van der Waals surface area contributed by atoms with Gasteiger partial charge in [0.25, 0.3) is 0 Å². The van der Waals surface area contributed by atoms with E-state index in [1.54, 1.807) is 7.05 Å². The van der Waals surface area contributed by atoms with Gasteiger partial charge in [0.15, 0.2) is 11.8 Å². The maximum absolute atomic E-state index is 5.70. The van der Waals surface area contributed by atoms with Crippen LogP contribution in [0.2, 0.25) is 0 Å². The summed E-state index contributed by atoms with van der Waals surface area (Å²) in [7, 11) is 1.73. The molecule has 0 fully saturated rings. The topological polar surface area (TPSA) is 93.8 Å². The monoisotopic (exact) mass is 487 g/mol. The van der Waals surface area contributed by atoms with Crippen molar-refractivity contribution in [1.29, 1.82) is 0 Å². The summed E-state index contributed by atoms with van der Waals surface area (Å²) >= 11 is 0. The molecular formula is C18H26IN5O3. The Bertz CT molecular complexity index is 752. The minimum atomic E-state index is -0.186. The van der Waals surface area contributed by atoms with Crippen molar-refractivity contribution >= 4 is 29.9 Å². The first-order valence-corrected chi connectivity index (χ1v) is 8.84. The number of halogens is 1. The van der Waals surface area contributed by atoms with Gasteiger partial charge in [0.05, 0.1) is 19.2 Å². The zero-order chi connectivity index (χ0) is 18.4. The van der Waals surface area contributed by atoms with Crippen LogP contribution in [0.1, 0.15) is 49.7 Å². The molecule has 0 amide bonds. The Labute approximate surface area is 176 Å². The molecule has 9 heteroatoms. The van der Waals surface area contributed by atoms with Crippen molar-refractivity contribution in [1.82, 2.24) is 20.8 Å². The molecule has 1 aromatic carbocycles. The number of aliphatic imine (C=N–C) groups is 1. The Morgan fingerprint density at radius 1 is 1.41 bits per heavy atom. The number of nitrogens with one attached hydrogen (secondary N) is 2. The number of hydrogen-bond donors (Lipinski definition) is 2. The maximum atomic E-state index is 5.70. The van der Waals surface area contributed by atoms with Gasteiger partial charge < -0.3 is 24.6 Å². The number of para-hydroxylation sites is 1. The van der Waals surface area contributed by atoms with E-state index in [-0.39, 0.29) is 36.1 Å². The molecule has 2 atom stereocenters. The zero-order valence-electron chi connectivity index (χ0n) is 15.8. The number of nitrogens with zero attached hydrogens (tertiary/aromatic N) is 3. The van der Waals surface area contributed by atoms with Crippen LogP contribution in [0, 0.1) is 0 Å². The molecule has 1 aromatic heterocycles. The van der Waals surface area contributed by atoms with Crippen LogP contribution >= 0.6 is 24.0 Å². The standard InChI is InChI=1S/C18H25N5O3.HI/c1-4-24-12(2)17-22-16(26-23-17)11-20-18(19-3)21-14-9-10-25-15-8-6-5-7-13(14)15;/h5-8,12,14H,4,9-11H2,1-3H3,(H2,19,20,21);1H. The van der Waals surface area contributed by atoms with Crippen molar-refractivity contribution in [2.45, 2.75) is 39.0 Å². The lowest BCUT2D eigenvalue weighted by Gasteiger charge is -2.27. The van der Waals surface area contributed by atoms with E-state index < -0.39 is 0 Å². The summed E-state index contributed by atoms with van der Waals surface area (Å²) in [6.07, 6.45) is 0.683. The van der Waals surface area contributed by atoms with Gasteiger partial charge in [-0.25, -0.2) is 0 Å². The smallest absolute Gasteiger partial charge is 0.246 e. The summed E-state index contributed by atoms with van der Waals surface area (Å²) in [5.74, 6) is 2.62. The first-order chi connectivity index (χ1) is 12.7. The van der Waals surface area contributed by atoms with E-state index >= 15 is 0 Å². The van der Waals surface area contributed by atoms with E-state index in [2.05, 4.69) is 31.8 Å². The van der Waals surface area contributed by atoms with Crippen molar-refractivity contribution < 1.29 is 14.0 Å². The third kappa shape index (κ3) is 5.55. The molecule has 1 aliphatic heterocycles. The summed E-state index contributed by atoms with van der Waals surface area (Å²) in [5, 5.41) is 10.6. The summed E-state index contributed by atoms with van der Waals surface area (Å²) < 4.78 is 16.4. The number of benzene rings is 1. The molecule has 2 unspecified atom stereocenters. The Morgan fingerprint density at radius 3 is 3.00 bits per heavy atom. The van der Waals surface area contributed by atoms with Gasteiger partial charge in [-0.2, -0.15) is 4.98 Å². The van der Waals surface area contributed by atoms with Gasteiger partial charge in [0, 0.05) is 25.6 Å². The van der Waals surface area contributed by atoms with E-state index in [0.29, 0.717) is 37.4 Å². The summed E-state index contributed by atoms with van der Waals surface area (Å²) in [5.41, 5.74) is 1.13. The normalized spacial score (nSPS) is 17.3. The van der Waals surface area contributed by atoms with E-state index in [9.17, 15) is 0 Å². The molecule has 1 aliphatic rings. The van der Waals surface area contributed by atoms with E-state index in [4.69, 9.17) is 14.0 Å². The highest BCUT2D eigenvalue weighted by Gasteiger charge is 2.22. The molecule has 0 aliphatic carbocycles. The second-order valence-corrected chi connectivity index (χ2v) is 5.94. The van der Waals surface area contributed by atoms with E-state index in [0.717, 1.165) is 17.7 Å². The fourth-order valence-electron chi connectivity index (χ4n) is 2.84. The van der Waals surface area contributed by atoms with Crippen LogP contribution in [0.15, 0.2) is 33.8 Å². The van der Waals surface area contributed by atoms with Crippen LogP contribution < -0.4 is 15.4 Å². The molecule has 148 valence electrons. The summed E-state index contributed by atoms with van der Waals surface area (Å²) in [6, 6.07) is 8.18. The fraction of sp³-hybridized carbons (Fsp3) is 0.500. The summed E-state index contributed by atoms with van der Waals surface area (Å²) in [6.45, 7) is 5.49. The average Bonchev–Trinajstić information content (AvgIpc) is 3.14. The predicted octanol–water partition coefficient (Wildman–Crippen LogP) is 2.97. The number of hydrogen-bond acceptors (Lipinski definition) is 6. The lowest BCUT2D eigenvalue weighted by Crippen LogP contribution is -2.40. The van der Waals surface area contributed by atoms with Gasteiger partial charge in [-0.05, 0) is 19.9 Å². The minimum Gasteiger partial charge on any atom is -0.493 e. The van der Waals surface area contributed by atoms with Crippen LogP contribution in [0.25, 0.3) is 0 Å². The van der Waals surface area contributed by atoms with E-state index in [1.165, 1.54) is 0 Å². The zero-order valence-corrected chi connectivity index (χ0v) is 18.1. The molecule has 2 aromatic rings. The van der Waals surface area contributed by atoms with Crippen LogP contribution in [0.5, 0.6) is 5.75 Å². The Balaban J connectivity index is 0.00000261. The SMILES string of the molecule is CCOC(C)c1noc(CNC(=NC)NC2CCOc3ccccc32)n1.I. The van der Waals surface area contributed by atoms with E-state index in [1.807, 2.05) is 32.0 Å². The van der Waals surface area contributed by atoms with Crippen molar-refractivity contribution in [3.8, 4) is 5.75 Å². The molecule has 0 bridgehead atoms. The van der Waals surface area contributed by atoms with Crippen LogP contribution in [-0.4, -0.2) is 36.4 Å². The lowest BCUT2D eigenvalue weighted by molar-refractivity contribution is 0.0683. The van der Waals surface area contributed by atoms with Gasteiger partial charge in [0.1, 0.15) is 11.9 Å². The van der Waals surface area contributed by atoms with Gasteiger partial charge in [-0.3, -0.25) is 4.99 Å². The number of aromatic nitrogens is 2.